The van der Waals surface area contributed by atoms with Gasteiger partial charge in [-0.05, 0) is 25.1 Å². The fourth-order valence-corrected chi connectivity index (χ4v) is 1.75. The summed E-state index contributed by atoms with van der Waals surface area (Å²) < 4.78 is 0. The van der Waals surface area contributed by atoms with E-state index in [0.29, 0.717) is 16.6 Å². The van der Waals surface area contributed by atoms with Gasteiger partial charge in [0, 0.05) is 16.6 Å². The van der Waals surface area contributed by atoms with Gasteiger partial charge in [0.25, 0.3) is 5.91 Å². The normalized spacial score (nSPS) is 10.4. The van der Waals surface area contributed by atoms with Crippen LogP contribution < -0.4 is 5.32 Å². The summed E-state index contributed by atoms with van der Waals surface area (Å²) in [6, 6.07) is 6.19. The van der Waals surface area contributed by atoms with Gasteiger partial charge in [0.15, 0.2) is 0 Å². The molecule has 1 heterocycles. The number of benzene rings is 1. The number of aromatic hydroxyl groups is 1. The molecule has 0 aliphatic rings. The molecule has 0 spiro atoms. The predicted octanol–water partition coefficient (Wildman–Crippen LogP) is 1.06. The maximum Gasteiger partial charge on any atom is 0.322 e. The SMILES string of the molecule is Cc1ccc2c(C(=O)NCC(=O)O)ccc(O)c2n1. The molecule has 0 unspecified atom stereocenters. The van der Waals surface area contributed by atoms with E-state index in [-0.39, 0.29) is 11.3 Å². The highest BCUT2D eigenvalue weighted by atomic mass is 16.4. The summed E-state index contributed by atoms with van der Waals surface area (Å²) in [6.07, 6.45) is 0. The number of aryl methyl sites for hydroxylation is 1. The number of carboxylic acids is 1. The van der Waals surface area contributed by atoms with Crippen molar-refractivity contribution in [1.82, 2.24) is 10.3 Å². The van der Waals surface area contributed by atoms with Gasteiger partial charge in [0.1, 0.15) is 17.8 Å². The summed E-state index contributed by atoms with van der Waals surface area (Å²) >= 11 is 0. The Labute approximate surface area is 108 Å². The van der Waals surface area contributed by atoms with Crippen molar-refractivity contribution in [3.05, 3.63) is 35.5 Å². The molecule has 98 valence electrons. The fraction of sp³-hybridized carbons (Fsp3) is 0.154. The van der Waals surface area contributed by atoms with Crippen molar-refractivity contribution in [3.63, 3.8) is 0 Å². The molecule has 6 heteroatoms. The molecule has 0 saturated heterocycles. The third-order valence-corrected chi connectivity index (χ3v) is 2.62. The highest BCUT2D eigenvalue weighted by molar-refractivity contribution is 6.08. The molecule has 1 aromatic carbocycles. The Morgan fingerprint density at radius 3 is 2.68 bits per heavy atom. The molecule has 2 aromatic rings. The van der Waals surface area contributed by atoms with Crippen LogP contribution in [0.5, 0.6) is 5.75 Å². The van der Waals surface area contributed by atoms with E-state index in [2.05, 4.69) is 10.3 Å². The number of hydrogen-bond acceptors (Lipinski definition) is 4. The molecule has 0 radical (unpaired) electrons. The molecule has 0 atom stereocenters. The molecular formula is C13H12N2O4. The quantitative estimate of drug-likeness (QED) is 0.766. The molecule has 1 aromatic heterocycles. The summed E-state index contributed by atoms with van der Waals surface area (Å²) in [5.74, 6) is -1.66. The zero-order valence-electron chi connectivity index (χ0n) is 10.2. The van der Waals surface area contributed by atoms with Gasteiger partial charge in [-0.15, -0.1) is 0 Å². The van der Waals surface area contributed by atoms with Crippen LogP contribution in [0.15, 0.2) is 24.3 Å². The van der Waals surface area contributed by atoms with E-state index in [0.717, 1.165) is 0 Å². The monoisotopic (exact) mass is 260 g/mol. The zero-order chi connectivity index (χ0) is 14.0. The van der Waals surface area contributed by atoms with E-state index in [9.17, 15) is 14.7 Å². The lowest BCUT2D eigenvalue weighted by Crippen LogP contribution is -2.29. The van der Waals surface area contributed by atoms with Crippen molar-refractivity contribution >= 4 is 22.8 Å². The van der Waals surface area contributed by atoms with Gasteiger partial charge in [-0.3, -0.25) is 9.59 Å². The molecule has 2 rings (SSSR count). The number of hydrogen-bond donors (Lipinski definition) is 3. The van der Waals surface area contributed by atoms with Crippen LogP contribution in [0.4, 0.5) is 0 Å². The molecule has 19 heavy (non-hydrogen) atoms. The van der Waals surface area contributed by atoms with Gasteiger partial charge in [-0.2, -0.15) is 0 Å². The van der Waals surface area contributed by atoms with Crippen LogP contribution in [0.1, 0.15) is 16.1 Å². The van der Waals surface area contributed by atoms with Crippen LogP contribution in [-0.2, 0) is 4.79 Å². The number of carbonyl (C=O) groups excluding carboxylic acids is 1. The Bertz CT molecular complexity index is 667. The highest BCUT2D eigenvalue weighted by Crippen LogP contribution is 2.26. The lowest BCUT2D eigenvalue weighted by atomic mass is 10.1. The second-order valence-corrected chi connectivity index (χ2v) is 4.06. The van der Waals surface area contributed by atoms with E-state index >= 15 is 0 Å². The highest BCUT2D eigenvalue weighted by Gasteiger charge is 2.13. The molecule has 0 aliphatic heterocycles. The van der Waals surface area contributed by atoms with Crippen molar-refractivity contribution in [3.8, 4) is 5.75 Å². The third-order valence-electron chi connectivity index (χ3n) is 2.62. The summed E-state index contributed by atoms with van der Waals surface area (Å²) in [6.45, 7) is 1.32. The average molecular weight is 260 g/mol. The first-order valence-electron chi connectivity index (χ1n) is 5.58. The minimum atomic E-state index is -1.12. The van der Waals surface area contributed by atoms with E-state index in [1.54, 1.807) is 19.1 Å². The Balaban J connectivity index is 2.47. The molecule has 0 saturated carbocycles. The second kappa shape index (κ2) is 4.93. The predicted molar refractivity (Wildman–Crippen MR) is 68.1 cm³/mol. The number of aliphatic carboxylic acids is 1. The minimum absolute atomic E-state index is 0.0199. The number of nitrogens with zero attached hydrogens (tertiary/aromatic N) is 1. The molecule has 6 nitrogen and oxygen atoms in total. The molecule has 1 amide bonds. The largest absolute Gasteiger partial charge is 0.506 e. The van der Waals surface area contributed by atoms with Crippen LogP contribution in [0.2, 0.25) is 0 Å². The number of rotatable bonds is 3. The maximum atomic E-state index is 11.9. The third kappa shape index (κ3) is 2.62. The number of phenolic OH excluding ortho intramolecular Hbond substituents is 1. The number of fused-ring (bicyclic) bond motifs is 1. The van der Waals surface area contributed by atoms with E-state index < -0.39 is 18.4 Å². The lowest BCUT2D eigenvalue weighted by molar-refractivity contribution is -0.135. The van der Waals surface area contributed by atoms with Crippen LogP contribution >= 0.6 is 0 Å². The molecule has 0 bridgehead atoms. The van der Waals surface area contributed by atoms with Gasteiger partial charge in [0.2, 0.25) is 0 Å². The lowest BCUT2D eigenvalue weighted by Gasteiger charge is -2.08. The Morgan fingerprint density at radius 1 is 1.26 bits per heavy atom. The average Bonchev–Trinajstić information content (AvgIpc) is 2.37. The van der Waals surface area contributed by atoms with Crippen LogP contribution in [0, 0.1) is 6.92 Å². The van der Waals surface area contributed by atoms with Gasteiger partial charge >= 0.3 is 5.97 Å². The van der Waals surface area contributed by atoms with Crippen molar-refractivity contribution in [2.24, 2.45) is 0 Å². The molecule has 3 N–H and O–H groups in total. The van der Waals surface area contributed by atoms with Crippen LogP contribution in [0.3, 0.4) is 0 Å². The fourth-order valence-electron chi connectivity index (χ4n) is 1.75. The first kappa shape index (κ1) is 12.8. The zero-order valence-corrected chi connectivity index (χ0v) is 10.2. The summed E-state index contributed by atoms with van der Waals surface area (Å²) in [7, 11) is 0. The number of aromatic nitrogens is 1. The van der Waals surface area contributed by atoms with E-state index in [1.807, 2.05) is 0 Å². The van der Waals surface area contributed by atoms with Gasteiger partial charge in [-0.1, -0.05) is 6.07 Å². The Kier molecular flexibility index (Phi) is 3.33. The minimum Gasteiger partial charge on any atom is -0.506 e. The topological polar surface area (TPSA) is 99.5 Å². The van der Waals surface area contributed by atoms with Crippen LogP contribution in [0.25, 0.3) is 10.9 Å². The summed E-state index contributed by atoms with van der Waals surface area (Å²) in [5.41, 5.74) is 1.32. The number of amides is 1. The smallest absolute Gasteiger partial charge is 0.322 e. The first-order valence-corrected chi connectivity index (χ1v) is 5.58. The molecule has 0 fully saturated rings. The van der Waals surface area contributed by atoms with Gasteiger partial charge < -0.3 is 15.5 Å². The van der Waals surface area contributed by atoms with E-state index in [4.69, 9.17) is 5.11 Å². The molecule has 0 aliphatic carbocycles. The van der Waals surface area contributed by atoms with Crippen molar-refractivity contribution < 1.29 is 19.8 Å². The summed E-state index contributed by atoms with van der Waals surface area (Å²) in [4.78, 5) is 26.5. The second-order valence-electron chi connectivity index (χ2n) is 4.06. The number of carbonyl (C=O) groups is 2. The number of carboxylic acid groups (broad SMARTS) is 1. The summed E-state index contributed by atoms with van der Waals surface area (Å²) in [5, 5.41) is 21.0. The standard InChI is InChI=1S/C13H12N2O4/c1-7-2-3-8-9(13(19)14-6-11(17)18)4-5-10(16)12(8)15-7/h2-5,16H,6H2,1H3,(H,14,19)(H,17,18). The molecular weight excluding hydrogens is 248 g/mol. The van der Waals surface area contributed by atoms with Crippen molar-refractivity contribution in [2.45, 2.75) is 6.92 Å². The number of nitrogens with one attached hydrogen (secondary N) is 1. The Morgan fingerprint density at radius 2 is 2.00 bits per heavy atom. The van der Waals surface area contributed by atoms with Gasteiger partial charge in [0.05, 0.1) is 0 Å². The van der Waals surface area contributed by atoms with E-state index in [1.165, 1.54) is 12.1 Å². The van der Waals surface area contributed by atoms with Crippen molar-refractivity contribution in [1.29, 1.82) is 0 Å². The Hall–Kier alpha value is -2.63. The first-order chi connectivity index (χ1) is 8.99. The van der Waals surface area contributed by atoms with Gasteiger partial charge in [-0.25, -0.2) is 4.98 Å². The maximum absolute atomic E-state index is 11.9. The van der Waals surface area contributed by atoms with Crippen LogP contribution in [-0.4, -0.2) is 33.6 Å². The number of pyridine rings is 1. The van der Waals surface area contributed by atoms with Crippen molar-refractivity contribution in [2.75, 3.05) is 6.54 Å². The number of phenols is 1.